The quantitative estimate of drug-likeness (QED) is 0.883. The Morgan fingerprint density at radius 2 is 2.06 bits per heavy atom. The van der Waals surface area contributed by atoms with Crippen molar-refractivity contribution in [1.29, 1.82) is 0 Å². The van der Waals surface area contributed by atoms with Gasteiger partial charge in [-0.3, -0.25) is 4.79 Å². The van der Waals surface area contributed by atoms with Crippen LogP contribution in [0.15, 0.2) is 6.07 Å². The highest BCUT2D eigenvalue weighted by molar-refractivity contribution is 7.12. The van der Waals surface area contributed by atoms with Crippen molar-refractivity contribution in [3.05, 3.63) is 21.4 Å². The predicted molar refractivity (Wildman–Crippen MR) is 75.6 cm³/mol. The van der Waals surface area contributed by atoms with Gasteiger partial charge in [0.25, 0.3) is 0 Å². The fraction of sp³-hybridized carbons (Fsp3) is 0.643. The first-order valence-electron chi connectivity index (χ1n) is 6.65. The number of hydrogen-bond acceptors (Lipinski definition) is 3. The summed E-state index contributed by atoms with van der Waals surface area (Å²) >= 11 is 1.77. The molecule has 0 saturated heterocycles. The standard InChI is InChI=1S/C14H22N2OS/c1-9-7-13(18-10(9)2)8-16-14(17)11-3-5-12(15)6-4-11/h7,11-12H,3-6,8,15H2,1-2H3,(H,16,17). The van der Waals surface area contributed by atoms with Crippen molar-refractivity contribution in [3.63, 3.8) is 0 Å². The number of thiophene rings is 1. The minimum Gasteiger partial charge on any atom is -0.351 e. The van der Waals surface area contributed by atoms with Gasteiger partial charge in [-0.1, -0.05) is 0 Å². The molecular formula is C14H22N2OS. The van der Waals surface area contributed by atoms with Crippen LogP contribution in [0.25, 0.3) is 0 Å². The normalized spacial score (nSPS) is 23.9. The average Bonchev–Trinajstić information content (AvgIpc) is 2.67. The molecule has 0 aliphatic heterocycles. The van der Waals surface area contributed by atoms with Gasteiger partial charge in [-0.2, -0.15) is 0 Å². The molecule has 0 aromatic carbocycles. The molecule has 0 radical (unpaired) electrons. The SMILES string of the molecule is Cc1cc(CNC(=O)C2CCC(N)CC2)sc1C. The fourth-order valence-electron chi connectivity index (χ4n) is 2.44. The van der Waals surface area contributed by atoms with Crippen LogP contribution in [0, 0.1) is 19.8 Å². The molecule has 1 heterocycles. The number of carbonyl (C=O) groups is 1. The van der Waals surface area contributed by atoms with Crippen LogP contribution < -0.4 is 11.1 Å². The van der Waals surface area contributed by atoms with Crippen LogP contribution in [0.3, 0.4) is 0 Å². The van der Waals surface area contributed by atoms with Gasteiger partial charge in [0.15, 0.2) is 0 Å². The van der Waals surface area contributed by atoms with E-state index in [0.29, 0.717) is 12.6 Å². The van der Waals surface area contributed by atoms with Gasteiger partial charge < -0.3 is 11.1 Å². The zero-order valence-corrected chi connectivity index (χ0v) is 12.0. The van der Waals surface area contributed by atoms with Crippen molar-refractivity contribution in [2.75, 3.05) is 0 Å². The second-order valence-electron chi connectivity index (χ2n) is 5.28. The summed E-state index contributed by atoms with van der Waals surface area (Å²) in [4.78, 5) is 14.6. The van der Waals surface area contributed by atoms with E-state index < -0.39 is 0 Å². The maximum absolute atomic E-state index is 12.0. The molecule has 3 N–H and O–H groups in total. The Kier molecular flexibility index (Phi) is 4.40. The predicted octanol–water partition coefficient (Wildman–Crippen LogP) is 2.50. The molecule has 4 heteroatoms. The third-order valence-electron chi connectivity index (χ3n) is 3.80. The Morgan fingerprint density at radius 3 is 2.61 bits per heavy atom. The van der Waals surface area contributed by atoms with Gasteiger partial charge in [0, 0.05) is 21.7 Å². The lowest BCUT2D eigenvalue weighted by molar-refractivity contribution is -0.126. The summed E-state index contributed by atoms with van der Waals surface area (Å²) in [6.07, 6.45) is 3.84. The van der Waals surface area contributed by atoms with Gasteiger partial charge >= 0.3 is 0 Å². The average molecular weight is 266 g/mol. The summed E-state index contributed by atoms with van der Waals surface area (Å²) in [7, 11) is 0. The highest BCUT2D eigenvalue weighted by Gasteiger charge is 2.24. The number of rotatable bonds is 3. The highest BCUT2D eigenvalue weighted by Crippen LogP contribution is 2.24. The van der Waals surface area contributed by atoms with Gasteiger partial charge in [-0.15, -0.1) is 11.3 Å². The van der Waals surface area contributed by atoms with Crippen LogP contribution in [0.1, 0.15) is 41.0 Å². The molecule has 0 unspecified atom stereocenters. The van der Waals surface area contributed by atoms with Crippen molar-refractivity contribution in [1.82, 2.24) is 5.32 Å². The number of aryl methyl sites for hydroxylation is 2. The van der Waals surface area contributed by atoms with Crippen LogP contribution >= 0.6 is 11.3 Å². The van der Waals surface area contributed by atoms with Crippen molar-refractivity contribution in [2.24, 2.45) is 11.7 Å². The smallest absolute Gasteiger partial charge is 0.223 e. The van der Waals surface area contributed by atoms with Crippen LogP contribution in [0.5, 0.6) is 0 Å². The van der Waals surface area contributed by atoms with E-state index in [1.54, 1.807) is 11.3 Å². The monoisotopic (exact) mass is 266 g/mol. The summed E-state index contributed by atoms with van der Waals surface area (Å²) in [6, 6.07) is 2.47. The third-order valence-corrected chi connectivity index (χ3v) is 4.95. The summed E-state index contributed by atoms with van der Waals surface area (Å²) < 4.78 is 0. The number of carbonyl (C=O) groups excluding carboxylic acids is 1. The Morgan fingerprint density at radius 1 is 1.39 bits per heavy atom. The molecule has 100 valence electrons. The van der Waals surface area contributed by atoms with E-state index in [2.05, 4.69) is 25.2 Å². The van der Waals surface area contributed by atoms with Gasteiger partial charge in [0.1, 0.15) is 0 Å². The first-order chi connectivity index (χ1) is 8.56. The molecular weight excluding hydrogens is 244 g/mol. The Bertz CT molecular complexity index is 400. The number of nitrogens with two attached hydrogens (primary N) is 1. The van der Waals surface area contributed by atoms with Crippen molar-refractivity contribution >= 4 is 17.2 Å². The van der Waals surface area contributed by atoms with E-state index in [0.717, 1.165) is 25.7 Å². The molecule has 1 saturated carbocycles. The number of nitrogens with one attached hydrogen (secondary N) is 1. The lowest BCUT2D eigenvalue weighted by Crippen LogP contribution is -2.35. The molecule has 0 bridgehead atoms. The first-order valence-corrected chi connectivity index (χ1v) is 7.47. The van der Waals surface area contributed by atoms with Crippen LogP contribution in [0.4, 0.5) is 0 Å². The molecule has 2 rings (SSSR count). The van der Waals surface area contributed by atoms with E-state index in [-0.39, 0.29) is 11.8 Å². The van der Waals surface area contributed by atoms with E-state index in [9.17, 15) is 4.79 Å². The maximum atomic E-state index is 12.0. The summed E-state index contributed by atoms with van der Waals surface area (Å²) in [5.74, 6) is 0.373. The van der Waals surface area contributed by atoms with Gasteiger partial charge in [-0.05, 0) is 51.2 Å². The molecule has 1 aliphatic rings. The van der Waals surface area contributed by atoms with Crippen LogP contribution in [0.2, 0.25) is 0 Å². The van der Waals surface area contributed by atoms with Crippen LogP contribution in [-0.4, -0.2) is 11.9 Å². The largest absolute Gasteiger partial charge is 0.351 e. The Balaban J connectivity index is 1.81. The second kappa shape index (κ2) is 5.85. The van der Waals surface area contributed by atoms with E-state index in [1.165, 1.54) is 15.3 Å². The van der Waals surface area contributed by atoms with Crippen molar-refractivity contribution in [3.8, 4) is 0 Å². The zero-order valence-electron chi connectivity index (χ0n) is 11.2. The lowest BCUT2D eigenvalue weighted by atomic mass is 9.86. The van der Waals surface area contributed by atoms with Gasteiger partial charge in [0.2, 0.25) is 5.91 Å². The fourth-order valence-corrected chi connectivity index (χ4v) is 3.43. The molecule has 1 fully saturated rings. The molecule has 1 aromatic heterocycles. The lowest BCUT2D eigenvalue weighted by Gasteiger charge is -2.25. The highest BCUT2D eigenvalue weighted by atomic mass is 32.1. The molecule has 0 atom stereocenters. The second-order valence-corrected chi connectivity index (χ2v) is 6.62. The summed E-state index contributed by atoms with van der Waals surface area (Å²) in [5, 5.41) is 3.05. The van der Waals surface area contributed by atoms with E-state index in [1.807, 2.05) is 0 Å². The minimum atomic E-state index is 0.173. The van der Waals surface area contributed by atoms with E-state index in [4.69, 9.17) is 5.73 Å². The molecule has 18 heavy (non-hydrogen) atoms. The van der Waals surface area contributed by atoms with E-state index >= 15 is 0 Å². The maximum Gasteiger partial charge on any atom is 0.223 e. The molecule has 1 aliphatic carbocycles. The molecule has 0 spiro atoms. The van der Waals surface area contributed by atoms with Crippen molar-refractivity contribution < 1.29 is 4.79 Å². The van der Waals surface area contributed by atoms with Crippen LogP contribution in [-0.2, 0) is 11.3 Å². The summed E-state index contributed by atoms with van der Waals surface area (Å²) in [5.41, 5.74) is 7.16. The Labute approximate surface area is 113 Å². The van der Waals surface area contributed by atoms with Gasteiger partial charge in [0.05, 0.1) is 6.54 Å². The first kappa shape index (κ1) is 13.6. The summed E-state index contributed by atoms with van der Waals surface area (Å²) in [6.45, 7) is 4.90. The number of amides is 1. The molecule has 1 amide bonds. The number of hydrogen-bond donors (Lipinski definition) is 2. The Hall–Kier alpha value is -0.870. The van der Waals surface area contributed by atoms with Crippen molar-refractivity contribution in [2.45, 2.75) is 52.1 Å². The topological polar surface area (TPSA) is 55.1 Å². The third kappa shape index (κ3) is 3.33. The minimum absolute atomic E-state index is 0.173. The zero-order chi connectivity index (χ0) is 13.1. The molecule has 1 aromatic rings. The molecule has 3 nitrogen and oxygen atoms in total. The van der Waals surface area contributed by atoms with Gasteiger partial charge in [-0.25, -0.2) is 0 Å².